The standard InChI is InChI=1S/C13H21N5/c1-5-7-18(8-6-2)13-11-10(3)16-17(4)12(11)14-9-15-13/h9H,5-8H2,1-4H3. The highest BCUT2D eigenvalue weighted by Crippen LogP contribution is 2.25. The summed E-state index contributed by atoms with van der Waals surface area (Å²) in [6, 6.07) is 0. The molecule has 0 aliphatic carbocycles. The molecule has 0 unspecified atom stereocenters. The molecule has 0 saturated heterocycles. The van der Waals surface area contributed by atoms with Crippen molar-refractivity contribution in [1.29, 1.82) is 0 Å². The largest absolute Gasteiger partial charge is 0.356 e. The molecule has 0 amide bonds. The summed E-state index contributed by atoms with van der Waals surface area (Å²) in [5, 5.41) is 5.53. The number of aryl methyl sites for hydroxylation is 2. The number of hydrogen-bond donors (Lipinski definition) is 0. The predicted octanol–water partition coefficient (Wildman–Crippen LogP) is 2.30. The monoisotopic (exact) mass is 247 g/mol. The first-order valence-electron chi connectivity index (χ1n) is 6.58. The van der Waals surface area contributed by atoms with Gasteiger partial charge in [-0.3, -0.25) is 4.68 Å². The molecule has 5 heteroatoms. The van der Waals surface area contributed by atoms with Crippen molar-refractivity contribution in [1.82, 2.24) is 19.7 Å². The summed E-state index contributed by atoms with van der Waals surface area (Å²) in [7, 11) is 1.93. The van der Waals surface area contributed by atoms with E-state index in [-0.39, 0.29) is 0 Å². The Balaban J connectivity index is 2.54. The highest BCUT2D eigenvalue weighted by molar-refractivity contribution is 5.89. The zero-order valence-electron chi connectivity index (χ0n) is 11.6. The fourth-order valence-electron chi connectivity index (χ4n) is 2.36. The van der Waals surface area contributed by atoms with Crippen molar-refractivity contribution >= 4 is 16.9 Å². The first kappa shape index (κ1) is 12.8. The minimum atomic E-state index is 0.912. The van der Waals surface area contributed by atoms with Gasteiger partial charge in [-0.05, 0) is 19.8 Å². The second-order valence-electron chi connectivity index (χ2n) is 4.59. The number of fused-ring (bicyclic) bond motifs is 1. The average Bonchev–Trinajstić information content (AvgIpc) is 2.65. The molecule has 0 aromatic carbocycles. The lowest BCUT2D eigenvalue weighted by Crippen LogP contribution is -2.26. The third-order valence-corrected chi connectivity index (χ3v) is 3.06. The maximum Gasteiger partial charge on any atom is 0.163 e. The van der Waals surface area contributed by atoms with Crippen LogP contribution in [0.1, 0.15) is 32.4 Å². The molecule has 0 spiro atoms. The van der Waals surface area contributed by atoms with Gasteiger partial charge in [0.05, 0.1) is 11.1 Å². The van der Waals surface area contributed by atoms with E-state index in [2.05, 4.69) is 33.8 Å². The summed E-state index contributed by atoms with van der Waals surface area (Å²) in [5.74, 6) is 1.02. The maximum atomic E-state index is 4.48. The third-order valence-electron chi connectivity index (χ3n) is 3.06. The van der Waals surface area contributed by atoms with Crippen LogP contribution in [-0.4, -0.2) is 32.8 Å². The maximum absolute atomic E-state index is 4.48. The van der Waals surface area contributed by atoms with Crippen molar-refractivity contribution in [3.63, 3.8) is 0 Å². The smallest absolute Gasteiger partial charge is 0.163 e. The second-order valence-corrected chi connectivity index (χ2v) is 4.59. The van der Waals surface area contributed by atoms with Crippen molar-refractivity contribution in [3.8, 4) is 0 Å². The summed E-state index contributed by atoms with van der Waals surface area (Å²) in [5.41, 5.74) is 1.91. The lowest BCUT2D eigenvalue weighted by Gasteiger charge is -2.23. The Hall–Kier alpha value is -1.65. The van der Waals surface area contributed by atoms with Gasteiger partial charge in [-0.1, -0.05) is 13.8 Å². The van der Waals surface area contributed by atoms with E-state index < -0.39 is 0 Å². The molecule has 2 heterocycles. The molecule has 2 rings (SSSR count). The van der Waals surface area contributed by atoms with E-state index in [1.165, 1.54) is 0 Å². The van der Waals surface area contributed by atoms with E-state index in [9.17, 15) is 0 Å². The van der Waals surface area contributed by atoms with Gasteiger partial charge in [0.2, 0.25) is 0 Å². The van der Waals surface area contributed by atoms with Crippen molar-refractivity contribution < 1.29 is 0 Å². The molecule has 18 heavy (non-hydrogen) atoms. The van der Waals surface area contributed by atoms with Gasteiger partial charge in [-0.2, -0.15) is 5.10 Å². The first-order chi connectivity index (χ1) is 8.69. The van der Waals surface area contributed by atoms with E-state index in [1.54, 1.807) is 6.33 Å². The van der Waals surface area contributed by atoms with Gasteiger partial charge in [0.25, 0.3) is 0 Å². The van der Waals surface area contributed by atoms with Gasteiger partial charge in [0.15, 0.2) is 5.65 Å². The normalized spacial score (nSPS) is 11.1. The van der Waals surface area contributed by atoms with E-state index in [4.69, 9.17) is 0 Å². The van der Waals surface area contributed by atoms with Crippen LogP contribution in [0.25, 0.3) is 11.0 Å². The molecule has 0 N–H and O–H groups in total. The van der Waals surface area contributed by atoms with E-state index in [0.29, 0.717) is 0 Å². The van der Waals surface area contributed by atoms with Gasteiger partial charge in [0.1, 0.15) is 12.1 Å². The van der Waals surface area contributed by atoms with Crippen LogP contribution < -0.4 is 4.90 Å². The molecule has 0 aliphatic heterocycles. The minimum Gasteiger partial charge on any atom is -0.356 e. The quantitative estimate of drug-likeness (QED) is 0.813. The number of aromatic nitrogens is 4. The fraction of sp³-hybridized carbons (Fsp3) is 0.615. The van der Waals surface area contributed by atoms with Crippen molar-refractivity contribution in [3.05, 3.63) is 12.0 Å². The summed E-state index contributed by atoms with van der Waals surface area (Å²) >= 11 is 0. The molecule has 0 fully saturated rings. The van der Waals surface area contributed by atoms with Crippen LogP contribution in [0.15, 0.2) is 6.33 Å². The van der Waals surface area contributed by atoms with Crippen LogP contribution >= 0.6 is 0 Å². The minimum absolute atomic E-state index is 0.912. The number of rotatable bonds is 5. The zero-order valence-corrected chi connectivity index (χ0v) is 11.6. The van der Waals surface area contributed by atoms with Gasteiger partial charge < -0.3 is 4.90 Å². The number of nitrogens with zero attached hydrogens (tertiary/aromatic N) is 5. The molecule has 2 aromatic rings. The van der Waals surface area contributed by atoms with Gasteiger partial charge >= 0.3 is 0 Å². The van der Waals surface area contributed by atoms with Gasteiger partial charge in [-0.15, -0.1) is 0 Å². The topological polar surface area (TPSA) is 46.8 Å². The summed E-state index contributed by atoms with van der Waals surface area (Å²) in [6.07, 6.45) is 3.87. The highest BCUT2D eigenvalue weighted by atomic mass is 15.3. The summed E-state index contributed by atoms with van der Waals surface area (Å²) < 4.78 is 1.83. The lowest BCUT2D eigenvalue weighted by molar-refractivity contribution is 0.735. The van der Waals surface area contributed by atoms with E-state index in [0.717, 1.165) is 48.5 Å². The molecule has 0 saturated carbocycles. The Kier molecular flexibility index (Phi) is 3.79. The van der Waals surface area contributed by atoms with Crippen molar-refractivity contribution in [2.75, 3.05) is 18.0 Å². The first-order valence-corrected chi connectivity index (χ1v) is 6.58. The Bertz CT molecular complexity index is 525. The average molecular weight is 247 g/mol. The molecule has 2 aromatic heterocycles. The molecular formula is C13H21N5. The zero-order chi connectivity index (χ0) is 13.1. The Morgan fingerprint density at radius 3 is 2.44 bits per heavy atom. The molecule has 5 nitrogen and oxygen atoms in total. The van der Waals surface area contributed by atoms with Crippen LogP contribution in [0.5, 0.6) is 0 Å². The molecule has 0 bridgehead atoms. The van der Waals surface area contributed by atoms with Gasteiger partial charge in [0, 0.05) is 20.1 Å². The van der Waals surface area contributed by atoms with E-state index in [1.807, 2.05) is 18.7 Å². The van der Waals surface area contributed by atoms with Crippen molar-refractivity contribution in [2.45, 2.75) is 33.6 Å². The molecular weight excluding hydrogens is 226 g/mol. The molecule has 98 valence electrons. The van der Waals surface area contributed by atoms with Gasteiger partial charge in [-0.25, -0.2) is 9.97 Å². The predicted molar refractivity (Wildman–Crippen MR) is 73.8 cm³/mol. The molecule has 0 atom stereocenters. The molecule has 0 aliphatic rings. The Morgan fingerprint density at radius 2 is 1.83 bits per heavy atom. The highest BCUT2D eigenvalue weighted by Gasteiger charge is 2.16. The van der Waals surface area contributed by atoms with Crippen molar-refractivity contribution in [2.24, 2.45) is 7.05 Å². The Labute approximate surface area is 108 Å². The third kappa shape index (κ3) is 2.17. The number of hydrogen-bond acceptors (Lipinski definition) is 4. The SMILES string of the molecule is CCCN(CCC)c1ncnc2c1c(C)nn2C. The van der Waals surface area contributed by atoms with E-state index >= 15 is 0 Å². The number of anilines is 1. The Morgan fingerprint density at radius 1 is 1.17 bits per heavy atom. The van der Waals surface area contributed by atoms with Crippen LogP contribution in [0.2, 0.25) is 0 Å². The van der Waals surface area contributed by atoms with Crippen LogP contribution in [0.4, 0.5) is 5.82 Å². The van der Waals surface area contributed by atoms with Crippen LogP contribution in [0, 0.1) is 6.92 Å². The lowest BCUT2D eigenvalue weighted by atomic mass is 10.2. The summed E-state index contributed by atoms with van der Waals surface area (Å²) in [6.45, 7) is 8.45. The fourth-order valence-corrected chi connectivity index (χ4v) is 2.36. The molecule has 0 radical (unpaired) electrons. The van der Waals surface area contributed by atoms with Crippen LogP contribution in [-0.2, 0) is 7.05 Å². The summed E-state index contributed by atoms with van der Waals surface area (Å²) in [4.78, 5) is 11.1. The second kappa shape index (κ2) is 5.33. The van der Waals surface area contributed by atoms with Crippen LogP contribution in [0.3, 0.4) is 0 Å².